The van der Waals surface area contributed by atoms with E-state index in [2.05, 4.69) is 40.4 Å². The van der Waals surface area contributed by atoms with E-state index in [0.717, 1.165) is 66.6 Å². The van der Waals surface area contributed by atoms with Gasteiger partial charge in [-0.1, -0.05) is 30.3 Å². The van der Waals surface area contributed by atoms with Gasteiger partial charge in [-0.25, -0.2) is 4.39 Å². The average Bonchev–Trinajstić information content (AvgIpc) is 2.85. The topological polar surface area (TPSA) is 57.7 Å². The van der Waals surface area contributed by atoms with Crippen LogP contribution in [0.3, 0.4) is 0 Å². The third-order valence-corrected chi connectivity index (χ3v) is 6.20. The highest BCUT2D eigenvalue weighted by atomic mass is 19.1. The summed E-state index contributed by atoms with van der Waals surface area (Å²) in [5, 5.41) is 2.87. The van der Waals surface area contributed by atoms with E-state index in [0.29, 0.717) is 6.61 Å². The van der Waals surface area contributed by atoms with Crippen molar-refractivity contribution < 1.29 is 13.9 Å². The minimum atomic E-state index is -0.308. The van der Waals surface area contributed by atoms with E-state index in [-0.39, 0.29) is 24.7 Å². The first-order chi connectivity index (χ1) is 17.0. The van der Waals surface area contributed by atoms with Crippen LogP contribution in [0.1, 0.15) is 23.9 Å². The van der Waals surface area contributed by atoms with Crippen molar-refractivity contribution >= 4 is 5.91 Å². The minimum Gasteiger partial charge on any atom is -0.494 e. The second-order valence-corrected chi connectivity index (χ2v) is 8.92. The number of carbonyl (C=O) groups excluding carboxylic acids is 1. The number of nitrogens with one attached hydrogen (secondary N) is 1. The maximum Gasteiger partial charge on any atom is 0.226 e. The third-order valence-electron chi connectivity index (χ3n) is 6.20. The molecule has 1 aliphatic rings. The van der Waals surface area contributed by atoms with Crippen LogP contribution in [0.2, 0.25) is 0 Å². The number of rotatable bonds is 9. The Morgan fingerprint density at radius 1 is 1.06 bits per heavy atom. The van der Waals surface area contributed by atoms with E-state index < -0.39 is 0 Å². The maximum absolute atomic E-state index is 13.4. The fraction of sp³-hybridized carbons (Fsp3) is 0.357. The number of hydrogen-bond donors (Lipinski definition) is 1. The molecule has 3 aromatic rings. The van der Waals surface area contributed by atoms with Crippen molar-refractivity contribution in [2.75, 3.05) is 39.8 Å². The molecular formula is C28H33FN4O2. The van der Waals surface area contributed by atoms with Crippen molar-refractivity contribution in [1.82, 2.24) is 20.1 Å². The lowest BCUT2D eigenvalue weighted by Gasteiger charge is -2.32. The van der Waals surface area contributed by atoms with Crippen LogP contribution in [-0.4, -0.2) is 60.5 Å². The van der Waals surface area contributed by atoms with Crippen LogP contribution >= 0.6 is 0 Å². The lowest BCUT2D eigenvalue weighted by Crippen LogP contribution is -2.44. The van der Waals surface area contributed by atoms with E-state index in [4.69, 9.17) is 9.72 Å². The summed E-state index contributed by atoms with van der Waals surface area (Å²) >= 11 is 0. The normalized spacial score (nSPS) is 14.6. The van der Waals surface area contributed by atoms with Gasteiger partial charge in [-0.2, -0.15) is 0 Å². The van der Waals surface area contributed by atoms with Gasteiger partial charge in [0.25, 0.3) is 0 Å². The number of ether oxygens (including phenoxy) is 1. The molecular weight excluding hydrogens is 443 g/mol. The van der Waals surface area contributed by atoms with Crippen molar-refractivity contribution in [1.29, 1.82) is 0 Å². The lowest BCUT2D eigenvalue weighted by atomic mass is 10.0. The van der Waals surface area contributed by atoms with Gasteiger partial charge in [0.15, 0.2) is 0 Å². The number of nitrogens with zero attached hydrogens (tertiary/aromatic N) is 3. The Hall–Kier alpha value is -3.29. The molecule has 7 heteroatoms. The Morgan fingerprint density at radius 3 is 2.54 bits per heavy atom. The van der Waals surface area contributed by atoms with Gasteiger partial charge in [0.2, 0.25) is 5.91 Å². The molecule has 0 saturated carbocycles. The van der Waals surface area contributed by atoms with E-state index in [1.165, 1.54) is 12.1 Å². The molecule has 1 aromatic heterocycles. The summed E-state index contributed by atoms with van der Waals surface area (Å²) in [7, 11) is 2.14. The van der Waals surface area contributed by atoms with E-state index in [1.54, 1.807) is 12.1 Å². The first-order valence-corrected chi connectivity index (χ1v) is 12.1. The van der Waals surface area contributed by atoms with Crippen LogP contribution in [0.5, 0.6) is 5.75 Å². The molecule has 184 valence electrons. The van der Waals surface area contributed by atoms with Gasteiger partial charge >= 0.3 is 0 Å². The summed E-state index contributed by atoms with van der Waals surface area (Å²) in [6, 6.07) is 18.3. The average molecular weight is 477 g/mol. The summed E-state index contributed by atoms with van der Waals surface area (Å²) in [6.45, 7) is 7.65. The number of carbonyl (C=O) groups is 1. The molecule has 1 amide bonds. The molecule has 35 heavy (non-hydrogen) atoms. The largest absolute Gasteiger partial charge is 0.494 e. The first-order valence-electron chi connectivity index (χ1n) is 12.1. The van der Waals surface area contributed by atoms with Crippen LogP contribution in [0.25, 0.3) is 11.1 Å². The summed E-state index contributed by atoms with van der Waals surface area (Å²) in [4.78, 5) is 22.3. The summed E-state index contributed by atoms with van der Waals surface area (Å²) in [6.07, 6.45) is 0.175. The molecule has 0 aliphatic carbocycles. The van der Waals surface area contributed by atoms with E-state index in [9.17, 15) is 9.18 Å². The molecule has 4 rings (SSSR count). The van der Waals surface area contributed by atoms with Gasteiger partial charge < -0.3 is 15.0 Å². The fourth-order valence-electron chi connectivity index (χ4n) is 4.22. The molecule has 2 heterocycles. The molecule has 0 atom stereocenters. The lowest BCUT2D eigenvalue weighted by molar-refractivity contribution is -0.120. The van der Waals surface area contributed by atoms with Crippen molar-refractivity contribution in [3.05, 3.63) is 83.4 Å². The van der Waals surface area contributed by atoms with Gasteiger partial charge in [0, 0.05) is 44.8 Å². The molecule has 6 nitrogen and oxygen atoms in total. The molecule has 1 fully saturated rings. The summed E-state index contributed by atoms with van der Waals surface area (Å²) in [5.41, 5.74) is 4.56. The standard InChI is InChI=1S/C28H33FN4O2/c1-3-35-25-10-7-22(8-11-25)26-12-9-24(31-27(26)20-33-15-13-32(2)14-16-33)18-28(34)30-19-21-5-4-6-23(29)17-21/h4-12,17H,3,13-16,18-20H2,1-2H3,(H,30,34). The number of halogens is 1. The van der Waals surface area contributed by atoms with Crippen LogP contribution in [0, 0.1) is 5.82 Å². The Balaban J connectivity index is 1.50. The Labute approximate surface area is 206 Å². The smallest absolute Gasteiger partial charge is 0.226 e. The number of hydrogen-bond acceptors (Lipinski definition) is 5. The number of piperazine rings is 1. The maximum atomic E-state index is 13.4. The fourth-order valence-corrected chi connectivity index (χ4v) is 4.22. The van der Waals surface area contributed by atoms with Crippen molar-refractivity contribution in [2.45, 2.75) is 26.4 Å². The van der Waals surface area contributed by atoms with Gasteiger partial charge in [0.05, 0.1) is 24.4 Å². The van der Waals surface area contributed by atoms with Crippen LogP contribution in [-0.2, 0) is 24.3 Å². The van der Waals surface area contributed by atoms with E-state index in [1.807, 2.05) is 25.1 Å². The monoisotopic (exact) mass is 476 g/mol. The summed E-state index contributed by atoms with van der Waals surface area (Å²) < 4.78 is 19.0. The Morgan fingerprint density at radius 2 is 1.83 bits per heavy atom. The van der Waals surface area contributed by atoms with Gasteiger partial charge in [-0.3, -0.25) is 14.7 Å². The Kier molecular flexibility index (Phi) is 8.45. The minimum absolute atomic E-state index is 0.138. The zero-order valence-electron chi connectivity index (χ0n) is 20.5. The molecule has 0 radical (unpaired) electrons. The highest BCUT2D eigenvalue weighted by Crippen LogP contribution is 2.27. The van der Waals surface area contributed by atoms with E-state index >= 15 is 0 Å². The zero-order chi connectivity index (χ0) is 24.6. The number of benzene rings is 2. The van der Waals surface area contributed by atoms with Crippen molar-refractivity contribution in [3.8, 4) is 16.9 Å². The highest BCUT2D eigenvalue weighted by molar-refractivity contribution is 5.78. The predicted molar refractivity (Wildman–Crippen MR) is 136 cm³/mol. The van der Waals surface area contributed by atoms with Gasteiger partial charge in [-0.15, -0.1) is 0 Å². The molecule has 0 unspecified atom stereocenters. The van der Waals surface area contributed by atoms with Crippen molar-refractivity contribution in [3.63, 3.8) is 0 Å². The SMILES string of the molecule is CCOc1ccc(-c2ccc(CC(=O)NCc3cccc(F)c3)nc2CN2CCN(C)CC2)cc1. The quantitative estimate of drug-likeness (QED) is 0.508. The molecule has 1 aliphatic heterocycles. The Bertz CT molecular complexity index is 1130. The number of likely N-dealkylation sites (N-methyl/N-ethyl adjacent to an activating group) is 1. The zero-order valence-corrected chi connectivity index (χ0v) is 20.5. The molecule has 1 N–H and O–H groups in total. The number of aromatic nitrogens is 1. The van der Waals surface area contributed by atoms with Crippen LogP contribution in [0.4, 0.5) is 4.39 Å². The van der Waals surface area contributed by atoms with Crippen LogP contribution < -0.4 is 10.1 Å². The second kappa shape index (κ2) is 11.9. The number of amides is 1. The van der Waals surface area contributed by atoms with Crippen molar-refractivity contribution in [2.24, 2.45) is 0 Å². The first kappa shape index (κ1) is 24.8. The molecule has 0 spiro atoms. The number of pyridine rings is 1. The van der Waals surface area contributed by atoms with Gasteiger partial charge in [-0.05, 0) is 55.4 Å². The molecule has 1 saturated heterocycles. The molecule has 2 aromatic carbocycles. The summed E-state index contributed by atoms with van der Waals surface area (Å²) in [5.74, 6) is 0.398. The molecule has 0 bridgehead atoms. The van der Waals surface area contributed by atoms with Gasteiger partial charge in [0.1, 0.15) is 11.6 Å². The third kappa shape index (κ3) is 7.10. The highest BCUT2D eigenvalue weighted by Gasteiger charge is 2.18. The van der Waals surface area contributed by atoms with Crippen LogP contribution in [0.15, 0.2) is 60.7 Å². The second-order valence-electron chi connectivity index (χ2n) is 8.92. The predicted octanol–water partition coefficient (Wildman–Crippen LogP) is 3.89.